The minimum Gasteiger partial charge on any atom is -0.382 e. The second-order valence-corrected chi connectivity index (χ2v) is 3.13. The summed E-state index contributed by atoms with van der Waals surface area (Å²) in [4.78, 5) is 11.4. The van der Waals surface area contributed by atoms with E-state index in [1.54, 1.807) is 0 Å². The standard InChI is InChI=1S/C11H12F2O3/c1-15-2-3-16-7-11(14)8-4-9(12)6-10(13)5-8/h4-6H,2-3,7H2,1H3. The topological polar surface area (TPSA) is 35.5 Å². The summed E-state index contributed by atoms with van der Waals surface area (Å²) in [6, 6.07) is 2.67. The summed E-state index contributed by atoms with van der Waals surface area (Å²) in [5, 5.41) is 0. The molecule has 0 amide bonds. The second kappa shape index (κ2) is 6.30. The number of halogens is 2. The summed E-state index contributed by atoms with van der Waals surface area (Å²) in [7, 11) is 1.51. The molecule has 0 spiro atoms. The Morgan fingerprint density at radius 2 is 1.81 bits per heavy atom. The van der Waals surface area contributed by atoms with Gasteiger partial charge in [0.25, 0.3) is 0 Å². The van der Waals surface area contributed by atoms with E-state index in [2.05, 4.69) is 0 Å². The number of carbonyl (C=O) groups excluding carboxylic acids is 1. The number of hydrogen-bond donors (Lipinski definition) is 0. The summed E-state index contributed by atoms with van der Waals surface area (Å²) < 4.78 is 35.2. The Morgan fingerprint density at radius 1 is 1.19 bits per heavy atom. The minimum absolute atomic E-state index is 0.0325. The van der Waals surface area contributed by atoms with E-state index in [1.165, 1.54) is 7.11 Å². The lowest BCUT2D eigenvalue weighted by atomic mass is 10.1. The van der Waals surface area contributed by atoms with Crippen LogP contribution < -0.4 is 0 Å². The molecule has 0 aliphatic rings. The van der Waals surface area contributed by atoms with Gasteiger partial charge in [-0.15, -0.1) is 0 Å². The number of Topliss-reactive ketones (excluding diaryl/α,β-unsaturated/α-hetero) is 1. The molecule has 0 heterocycles. The van der Waals surface area contributed by atoms with Crippen LogP contribution in [0, 0.1) is 11.6 Å². The zero-order valence-electron chi connectivity index (χ0n) is 8.83. The third-order valence-electron chi connectivity index (χ3n) is 1.85. The van der Waals surface area contributed by atoms with Gasteiger partial charge < -0.3 is 9.47 Å². The average Bonchev–Trinajstić information content (AvgIpc) is 2.22. The maximum absolute atomic E-state index is 12.8. The van der Waals surface area contributed by atoms with Gasteiger partial charge in [0.15, 0.2) is 5.78 Å². The zero-order valence-corrected chi connectivity index (χ0v) is 8.83. The summed E-state index contributed by atoms with van der Waals surface area (Å²) in [5.41, 5.74) is -0.0325. The third kappa shape index (κ3) is 4.04. The molecule has 0 radical (unpaired) electrons. The highest BCUT2D eigenvalue weighted by Gasteiger charge is 2.09. The number of benzene rings is 1. The van der Waals surface area contributed by atoms with Gasteiger partial charge in [-0.25, -0.2) is 8.78 Å². The van der Waals surface area contributed by atoms with Gasteiger partial charge in [-0.3, -0.25) is 4.79 Å². The van der Waals surface area contributed by atoms with Crippen LogP contribution >= 0.6 is 0 Å². The number of carbonyl (C=O) groups is 1. The molecule has 0 saturated heterocycles. The van der Waals surface area contributed by atoms with Gasteiger partial charge in [0, 0.05) is 18.7 Å². The van der Waals surface area contributed by atoms with Crippen LogP contribution in [0.4, 0.5) is 8.78 Å². The molecule has 0 bridgehead atoms. The highest BCUT2D eigenvalue weighted by Crippen LogP contribution is 2.08. The van der Waals surface area contributed by atoms with Crippen molar-refractivity contribution in [2.45, 2.75) is 0 Å². The minimum atomic E-state index is -0.778. The molecular weight excluding hydrogens is 218 g/mol. The molecule has 1 rings (SSSR count). The van der Waals surface area contributed by atoms with Crippen LogP contribution in [0.25, 0.3) is 0 Å². The highest BCUT2D eigenvalue weighted by molar-refractivity contribution is 5.97. The van der Waals surface area contributed by atoms with Crippen molar-refractivity contribution in [3.63, 3.8) is 0 Å². The van der Waals surface area contributed by atoms with E-state index >= 15 is 0 Å². The molecule has 3 nitrogen and oxygen atoms in total. The summed E-state index contributed by atoms with van der Waals surface area (Å²) in [6.45, 7) is 0.414. The first-order valence-electron chi connectivity index (χ1n) is 4.69. The maximum Gasteiger partial charge on any atom is 0.188 e. The molecule has 1 aromatic rings. The Kier molecular flexibility index (Phi) is 5.01. The summed E-state index contributed by atoms with van der Waals surface area (Å²) >= 11 is 0. The van der Waals surface area contributed by atoms with Crippen LogP contribution in [0.2, 0.25) is 0 Å². The highest BCUT2D eigenvalue weighted by atomic mass is 19.1. The lowest BCUT2D eigenvalue weighted by Crippen LogP contribution is -2.12. The molecule has 1 aromatic carbocycles. The van der Waals surface area contributed by atoms with Crippen LogP contribution in [-0.4, -0.2) is 32.7 Å². The molecule has 88 valence electrons. The van der Waals surface area contributed by atoms with E-state index in [0.29, 0.717) is 12.7 Å². The lowest BCUT2D eigenvalue weighted by Gasteiger charge is -2.03. The van der Waals surface area contributed by atoms with Gasteiger partial charge in [-0.2, -0.15) is 0 Å². The molecule has 0 atom stereocenters. The second-order valence-electron chi connectivity index (χ2n) is 3.13. The number of ether oxygens (including phenoxy) is 2. The Morgan fingerprint density at radius 3 is 2.38 bits per heavy atom. The number of methoxy groups -OCH3 is 1. The van der Waals surface area contributed by atoms with Crippen molar-refractivity contribution in [2.24, 2.45) is 0 Å². The van der Waals surface area contributed by atoms with E-state index in [0.717, 1.165) is 12.1 Å². The van der Waals surface area contributed by atoms with Crippen molar-refractivity contribution in [1.29, 1.82) is 0 Å². The van der Waals surface area contributed by atoms with E-state index in [4.69, 9.17) is 9.47 Å². The molecule has 0 aliphatic carbocycles. The number of ketones is 1. The van der Waals surface area contributed by atoms with Crippen molar-refractivity contribution in [2.75, 3.05) is 26.9 Å². The quantitative estimate of drug-likeness (QED) is 0.552. The molecule has 5 heteroatoms. The Balaban J connectivity index is 2.52. The SMILES string of the molecule is COCCOCC(=O)c1cc(F)cc(F)c1. The first-order valence-corrected chi connectivity index (χ1v) is 4.69. The smallest absolute Gasteiger partial charge is 0.188 e. The molecule has 0 aliphatic heterocycles. The van der Waals surface area contributed by atoms with E-state index in [-0.39, 0.29) is 18.8 Å². The van der Waals surface area contributed by atoms with Crippen LogP contribution in [0.5, 0.6) is 0 Å². The Hall–Kier alpha value is -1.33. The summed E-state index contributed by atoms with van der Waals surface area (Å²) in [5.74, 6) is -2.02. The predicted octanol–water partition coefficient (Wildman–Crippen LogP) is 1.81. The van der Waals surface area contributed by atoms with Gasteiger partial charge in [0.05, 0.1) is 13.2 Å². The van der Waals surface area contributed by atoms with Gasteiger partial charge in [0.1, 0.15) is 18.2 Å². The van der Waals surface area contributed by atoms with E-state index in [1.807, 2.05) is 0 Å². The third-order valence-corrected chi connectivity index (χ3v) is 1.85. The van der Waals surface area contributed by atoms with E-state index < -0.39 is 17.4 Å². The van der Waals surface area contributed by atoms with Crippen LogP contribution in [0.1, 0.15) is 10.4 Å². The van der Waals surface area contributed by atoms with Gasteiger partial charge in [-0.05, 0) is 12.1 Å². The Bertz CT molecular complexity index is 346. The fraction of sp³-hybridized carbons (Fsp3) is 0.364. The van der Waals surface area contributed by atoms with E-state index in [9.17, 15) is 13.6 Å². The van der Waals surface area contributed by atoms with Crippen molar-refractivity contribution >= 4 is 5.78 Å². The number of hydrogen-bond acceptors (Lipinski definition) is 3. The van der Waals surface area contributed by atoms with Crippen LogP contribution in [-0.2, 0) is 9.47 Å². The Labute approximate surface area is 92.0 Å². The molecular formula is C11H12F2O3. The number of rotatable bonds is 6. The molecule has 0 saturated carbocycles. The van der Waals surface area contributed by atoms with Gasteiger partial charge >= 0.3 is 0 Å². The van der Waals surface area contributed by atoms with Gasteiger partial charge in [0.2, 0.25) is 0 Å². The average molecular weight is 230 g/mol. The van der Waals surface area contributed by atoms with Crippen LogP contribution in [0.15, 0.2) is 18.2 Å². The van der Waals surface area contributed by atoms with Crippen molar-refractivity contribution in [1.82, 2.24) is 0 Å². The molecule has 0 unspecified atom stereocenters. The molecule has 0 fully saturated rings. The predicted molar refractivity (Wildman–Crippen MR) is 53.4 cm³/mol. The van der Waals surface area contributed by atoms with Gasteiger partial charge in [-0.1, -0.05) is 0 Å². The van der Waals surface area contributed by atoms with Crippen molar-refractivity contribution in [3.05, 3.63) is 35.4 Å². The largest absolute Gasteiger partial charge is 0.382 e. The van der Waals surface area contributed by atoms with Crippen molar-refractivity contribution in [3.8, 4) is 0 Å². The van der Waals surface area contributed by atoms with Crippen LogP contribution in [0.3, 0.4) is 0 Å². The normalized spacial score (nSPS) is 10.4. The first-order chi connectivity index (χ1) is 7.63. The fourth-order valence-corrected chi connectivity index (χ4v) is 1.11. The fourth-order valence-electron chi connectivity index (χ4n) is 1.11. The zero-order chi connectivity index (χ0) is 12.0. The van der Waals surface area contributed by atoms with Crippen molar-refractivity contribution < 1.29 is 23.0 Å². The molecule has 16 heavy (non-hydrogen) atoms. The summed E-state index contributed by atoms with van der Waals surface area (Å²) in [6.07, 6.45) is 0. The molecule has 0 aromatic heterocycles. The maximum atomic E-state index is 12.8. The molecule has 0 N–H and O–H groups in total. The lowest BCUT2D eigenvalue weighted by molar-refractivity contribution is 0.0576. The monoisotopic (exact) mass is 230 g/mol. The first kappa shape index (κ1) is 12.7.